The Kier molecular flexibility index (Phi) is 3.32. The molecule has 5 heteroatoms. The summed E-state index contributed by atoms with van der Waals surface area (Å²) >= 11 is 0. The highest BCUT2D eigenvalue weighted by atomic mass is 16.4. The summed E-state index contributed by atoms with van der Waals surface area (Å²) in [4.78, 5) is 24.5. The van der Waals surface area contributed by atoms with Crippen molar-refractivity contribution >= 4 is 17.6 Å². The smallest absolute Gasteiger partial charge is 0.307 e. The second-order valence-corrected chi connectivity index (χ2v) is 4.86. The van der Waals surface area contributed by atoms with E-state index in [1.54, 1.807) is 19.2 Å². The summed E-state index contributed by atoms with van der Waals surface area (Å²) in [5.74, 6) is -1.77. The maximum atomic E-state index is 12.2. The van der Waals surface area contributed by atoms with Gasteiger partial charge in [0, 0.05) is 12.6 Å². The minimum atomic E-state index is -1.94. The first-order chi connectivity index (χ1) is 8.91. The largest absolute Gasteiger partial charge is 0.481 e. The van der Waals surface area contributed by atoms with Crippen LogP contribution in [0.15, 0.2) is 18.2 Å². The van der Waals surface area contributed by atoms with E-state index in [9.17, 15) is 14.7 Å². The number of benzene rings is 1. The number of hydrogen-bond acceptors (Lipinski definition) is 3. The third-order valence-electron chi connectivity index (χ3n) is 3.49. The fraction of sp³-hybridized carbons (Fsp3) is 0.429. The lowest BCUT2D eigenvalue weighted by atomic mass is 9.90. The van der Waals surface area contributed by atoms with E-state index in [0.717, 1.165) is 18.4 Å². The Morgan fingerprint density at radius 2 is 2.11 bits per heavy atom. The molecule has 0 fully saturated rings. The van der Waals surface area contributed by atoms with Gasteiger partial charge in [0.2, 0.25) is 0 Å². The van der Waals surface area contributed by atoms with Crippen molar-refractivity contribution in [2.75, 3.05) is 11.9 Å². The zero-order chi connectivity index (χ0) is 14.2. The van der Waals surface area contributed by atoms with Crippen LogP contribution in [0.4, 0.5) is 5.69 Å². The highest BCUT2D eigenvalue weighted by molar-refractivity contribution is 6.08. The van der Waals surface area contributed by atoms with Gasteiger partial charge in [-0.1, -0.05) is 31.5 Å². The molecule has 1 atom stereocenters. The number of aliphatic hydroxyl groups is 1. The number of aliphatic carboxylic acids is 1. The average Bonchev–Trinajstić information content (AvgIpc) is 2.53. The standard InChI is InChI=1S/C14H17NO4/c1-3-5-9-6-4-7-10-12(9)15(2)13(18)14(10,19)8-11(16)17/h4,6-7,19H,3,5,8H2,1-2H3,(H,16,17). The summed E-state index contributed by atoms with van der Waals surface area (Å²) in [5, 5.41) is 19.4. The Morgan fingerprint density at radius 1 is 1.42 bits per heavy atom. The Morgan fingerprint density at radius 3 is 2.68 bits per heavy atom. The number of anilines is 1. The Hall–Kier alpha value is -1.88. The molecule has 1 heterocycles. The molecule has 0 bridgehead atoms. The number of fused-ring (bicyclic) bond motifs is 1. The Bertz CT molecular complexity index is 540. The molecule has 0 spiro atoms. The van der Waals surface area contributed by atoms with Gasteiger partial charge in [0.15, 0.2) is 5.60 Å². The van der Waals surface area contributed by atoms with E-state index in [1.807, 2.05) is 13.0 Å². The van der Waals surface area contributed by atoms with E-state index in [-0.39, 0.29) is 0 Å². The van der Waals surface area contributed by atoms with Crippen LogP contribution in [0.3, 0.4) is 0 Å². The fourth-order valence-electron chi connectivity index (χ4n) is 2.68. The van der Waals surface area contributed by atoms with Crippen LogP contribution in [-0.4, -0.2) is 29.1 Å². The lowest BCUT2D eigenvalue weighted by Gasteiger charge is -2.19. The number of para-hydroxylation sites is 1. The molecule has 1 unspecified atom stereocenters. The summed E-state index contributed by atoms with van der Waals surface area (Å²) in [6.45, 7) is 2.03. The number of hydrogen-bond donors (Lipinski definition) is 2. The van der Waals surface area contributed by atoms with E-state index in [1.165, 1.54) is 4.90 Å². The lowest BCUT2D eigenvalue weighted by Crippen LogP contribution is -2.40. The molecule has 2 rings (SSSR count). The first kappa shape index (κ1) is 13.5. The predicted molar refractivity (Wildman–Crippen MR) is 70.0 cm³/mol. The summed E-state index contributed by atoms with van der Waals surface area (Å²) < 4.78 is 0. The van der Waals surface area contributed by atoms with Gasteiger partial charge in [-0.3, -0.25) is 9.59 Å². The number of carboxylic acid groups (broad SMARTS) is 1. The third kappa shape index (κ3) is 2.00. The number of rotatable bonds is 4. The van der Waals surface area contributed by atoms with Gasteiger partial charge in [-0.05, 0) is 12.0 Å². The zero-order valence-corrected chi connectivity index (χ0v) is 11.0. The second-order valence-electron chi connectivity index (χ2n) is 4.86. The van der Waals surface area contributed by atoms with Gasteiger partial charge in [0.05, 0.1) is 12.1 Å². The molecule has 0 aliphatic carbocycles. The van der Waals surface area contributed by atoms with Gasteiger partial charge in [0.25, 0.3) is 5.91 Å². The summed E-state index contributed by atoms with van der Waals surface area (Å²) in [6.07, 6.45) is 1.08. The topological polar surface area (TPSA) is 77.8 Å². The molecule has 0 saturated heterocycles. The molecule has 0 saturated carbocycles. The van der Waals surface area contributed by atoms with E-state index in [2.05, 4.69) is 0 Å². The monoisotopic (exact) mass is 263 g/mol. The van der Waals surface area contributed by atoms with Crippen molar-refractivity contribution in [3.63, 3.8) is 0 Å². The molecule has 1 aromatic carbocycles. The van der Waals surface area contributed by atoms with Crippen molar-refractivity contribution in [1.29, 1.82) is 0 Å². The normalized spacial score (nSPS) is 21.6. The van der Waals surface area contributed by atoms with Crippen molar-refractivity contribution < 1.29 is 19.8 Å². The number of carboxylic acids is 1. The van der Waals surface area contributed by atoms with E-state index in [4.69, 9.17) is 5.11 Å². The fourth-order valence-corrected chi connectivity index (χ4v) is 2.68. The highest BCUT2D eigenvalue weighted by Crippen LogP contribution is 2.43. The molecule has 1 amide bonds. The van der Waals surface area contributed by atoms with E-state index in [0.29, 0.717) is 11.3 Å². The highest BCUT2D eigenvalue weighted by Gasteiger charge is 2.50. The van der Waals surface area contributed by atoms with Crippen molar-refractivity contribution in [1.82, 2.24) is 0 Å². The van der Waals surface area contributed by atoms with Crippen LogP contribution >= 0.6 is 0 Å². The van der Waals surface area contributed by atoms with Gasteiger partial charge in [-0.25, -0.2) is 0 Å². The van der Waals surface area contributed by atoms with Crippen LogP contribution in [0.5, 0.6) is 0 Å². The SMILES string of the molecule is CCCc1cccc2c1N(C)C(=O)C2(O)CC(=O)O. The quantitative estimate of drug-likeness (QED) is 0.857. The molecule has 19 heavy (non-hydrogen) atoms. The molecule has 5 nitrogen and oxygen atoms in total. The van der Waals surface area contributed by atoms with Crippen LogP contribution < -0.4 is 4.90 Å². The number of amides is 1. The van der Waals surface area contributed by atoms with Crippen molar-refractivity contribution in [3.8, 4) is 0 Å². The first-order valence-electron chi connectivity index (χ1n) is 6.26. The lowest BCUT2D eigenvalue weighted by molar-refractivity contribution is -0.150. The zero-order valence-electron chi connectivity index (χ0n) is 11.0. The molecule has 2 N–H and O–H groups in total. The minimum absolute atomic E-state index is 0.397. The maximum Gasteiger partial charge on any atom is 0.307 e. The van der Waals surface area contributed by atoms with Crippen molar-refractivity contribution in [3.05, 3.63) is 29.3 Å². The molecular formula is C14H17NO4. The summed E-state index contributed by atoms with van der Waals surface area (Å²) in [5.41, 5.74) is 0.0586. The molecule has 0 aromatic heterocycles. The second kappa shape index (κ2) is 4.66. The molecule has 102 valence electrons. The molecule has 0 radical (unpaired) electrons. The van der Waals surface area contributed by atoms with Crippen LogP contribution in [0.25, 0.3) is 0 Å². The van der Waals surface area contributed by atoms with Crippen molar-refractivity contribution in [2.24, 2.45) is 0 Å². The summed E-state index contributed by atoms with van der Waals surface area (Å²) in [6, 6.07) is 5.28. The van der Waals surface area contributed by atoms with Crippen molar-refractivity contribution in [2.45, 2.75) is 31.8 Å². The average molecular weight is 263 g/mol. The number of nitrogens with zero attached hydrogens (tertiary/aromatic N) is 1. The van der Waals surface area contributed by atoms with Gasteiger partial charge in [0.1, 0.15) is 0 Å². The van der Waals surface area contributed by atoms with Gasteiger partial charge >= 0.3 is 5.97 Å². The van der Waals surface area contributed by atoms with E-state index < -0.39 is 23.9 Å². The van der Waals surface area contributed by atoms with Gasteiger partial charge < -0.3 is 15.1 Å². The molecular weight excluding hydrogens is 246 g/mol. The van der Waals surface area contributed by atoms with Gasteiger partial charge in [-0.2, -0.15) is 0 Å². The Balaban J connectivity index is 2.58. The van der Waals surface area contributed by atoms with Crippen LogP contribution in [0.1, 0.15) is 30.9 Å². The number of carbonyl (C=O) groups is 2. The summed E-state index contributed by atoms with van der Waals surface area (Å²) in [7, 11) is 1.57. The number of carbonyl (C=O) groups excluding carboxylic acids is 1. The van der Waals surface area contributed by atoms with E-state index >= 15 is 0 Å². The first-order valence-corrected chi connectivity index (χ1v) is 6.26. The van der Waals surface area contributed by atoms with Crippen LogP contribution in [-0.2, 0) is 21.6 Å². The number of likely N-dealkylation sites (N-methyl/N-ethyl adjacent to an activating group) is 1. The molecule has 1 aromatic rings. The van der Waals surface area contributed by atoms with Gasteiger partial charge in [-0.15, -0.1) is 0 Å². The minimum Gasteiger partial charge on any atom is -0.481 e. The molecule has 1 aliphatic heterocycles. The third-order valence-corrected chi connectivity index (χ3v) is 3.49. The van der Waals surface area contributed by atoms with Crippen LogP contribution in [0, 0.1) is 0 Å². The number of aryl methyl sites for hydroxylation is 1. The Labute approximate surface area is 111 Å². The molecule has 1 aliphatic rings. The predicted octanol–water partition coefficient (Wildman–Crippen LogP) is 1.28. The van der Waals surface area contributed by atoms with Crippen LogP contribution in [0.2, 0.25) is 0 Å². The maximum absolute atomic E-state index is 12.2.